The highest BCUT2D eigenvalue weighted by molar-refractivity contribution is 5.70. The summed E-state index contributed by atoms with van der Waals surface area (Å²) in [6.45, 7) is 2.50. The van der Waals surface area contributed by atoms with E-state index in [1.807, 2.05) is 6.92 Å². The Morgan fingerprint density at radius 1 is 1.57 bits per heavy atom. The number of nitrogens with one attached hydrogen (secondary N) is 1. The zero-order chi connectivity index (χ0) is 10.6. The topological polar surface area (TPSA) is 49.3 Å². The molecule has 0 bridgehead atoms. The molecule has 2 N–H and O–H groups in total. The zero-order valence-electron chi connectivity index (χ0n) is 7.88. The van der Waals surface area contributed by atoms with Crippen molar-refractivity contribution in [3.05, 3.63) is 29.6 Å². The van der Waals surface area contributed by atoms with E-state index < -0.39 is 11.8 Å². The average molecular weight is 197 g/mol. The van der Waals surface area contributed by atoms with Crippen LogP contribution in [-0.2, 0) is 11.2 Å². The number of carboxylic acid groups (broad SMARTS) is 1. The molecule has 0 atom stereocenters. The van der Waals surface area contributed by atoms with Crippen LogP contribution in [-0.4, -0.2) is 17.6 Å². The number of halogens is 1. The molecule has 1 aromatic carbocycles. The summed E-state index contributed by atoms with van der Waals surface area (Å²) in [5.41, 5.74) is 0.873. The first kappa shape index (κ1) is 10.5. The van der Waals surface area contributed by atoms with Gasteiger partial charge >= 0.3 is 5.97 Å². The average Bonchev–Trinajstić information content (AvgIpc) is 2.09. The largest absolute Gasteiger partial charge is 0.481 e. The SMILES string of the molecule is CCNc1ccc(CC(=O)O)cc1F. The highest BCUT2D eigenvalue weighted by Crippen LogP contribution is 2.15. The zero-order valence-corrected chi connectivity index (χ0v) is 7.88. The van der Waals surface area contributed by atoms with Crippen molar-refractivity contribution >= 4 is 11.7 Å². The molecule has 0 saturated carbocycles. The predicted octanol–water partition coefficient (Wildman–Crippen LogP) is 1.88. The molecule has 0 aliphatic carbocycles. The number of anilines is 1. The van der Waals surface area contributed by atoms with E-state index in [1.54, 1.807) is 12.1 Å². The third kappa shape index (κ3) is 2.73. The van der Waals surface area contributed by atoms with Crippen molar-refractivity contribution in [2.45, 2.75) is 13.3 Å². The molecule has 0 aliphatic heterocycles. The van der Waals surface area contributed by atoms with Gasteiger partial charge in [0.25, 0.3) is 0 Å². The number of rotatable bonds is 4. The maximum atomic E-state index is 13.2. The van der Waals surface area contributed by atoms with E-state index in [2.05, 4.69) is 5.32 Å². The van der Waals surface area contributed by atoms with E-state index in [9.17, 15) is 9.18 Å². The van der Waals surface area contributed by atoms with Gasteiger partial charge in [-0.2, -0.15) is 0 Å². The first-order valence-corrected chi connectivity index (χ1v) is 4.37. The summed E-state index contributed by atoms with van der Waals surface area (Å²) in [6.07, 6.45) is -0.149. The van der Waals surface area contributed by atoms with Gasteiger partial charge in [-0.3, -0.25) is 4.79 Å². The molecule has 0 unspecified atom stereocenters. The van der Waals surface area contributed by atoms with Crippen molar-refractivity contribution in [3.63, 3.8) is 0 Å². The van der Waals surface area contributed by atoms with Crippen LogP contribution >= 0.6 is 0 Å². The molecule has 0 amide bonds. The Labute approximate surface area is 81.6 Å². The first-order chi connectivity index (χ1) is 6.63. The van der Waals surface area contributed by atoms with Gasteiger partial charge in [0.15, 0.2) is 0 Å². The molecule has 0 saturated heterocycles. The summed E-state index contributed by atoms with van der Waals surface area (Å²) in [5, 5.41) is 11.3. The molecule has 3 nitrogen and oxygen atoms in total. The fourth-order valence-electron chi connectivity index (χ4n) is 1.18. The number of hydrogen-bond acceptors (Lipinski definition) is 2. The van der Waals surface area contributed by atoms with Crippen molar-refractivity contribution < 1.29 is 14.3 Å². The molecule has 4 heteroatoms. The Kier molecular flexibility index (Phi) is 3.45. The van der Waals surface area contributed by atoms with Crippen LogP contribution in [0.15, 0.2) is 18.2 Å². The monoisotopic (exact) mass is 197 g/mol. The van der Waals surface area contributed by atoms with E-state index in [-0.39, 0.29) is 6.42 Å². The molecule has 0 fully saturated rings. The van der Waals surface area contributed by atoms with Crippen LogP contribution in [0.5, 0.6) is 0 Å². The molecule has 0 aliphatic rings. The summed E-state index contributed by atoms with van der Waals surface area (Å²) in [5.74, 6) is -1.37. The smallest absolute Gasteiger partial charge is 0.307 e. The summed E-state index contributed by atoms with van der Waals surface area (Å²) in [6, 6.07) is 4.40. The molecular weight excluding hydrogens is 185 g/mol. The van der Waals surface area contributed by atoms with Crippen LogP contribution in [0, 0.1) is 5.82 Å². The van der Waals surface area contributed by atoms with Crippen molar-refractivity contribution in [2.24, 2.45) is 0 Å². The van der Waals surface area contributed by atoms with Crippen LogP contribution < -0.4 is 5.32 Å². The molecule has 1 aromatic rings. The minimum Gasteiger partial charge on any atom is -0.481 e. The standard InChI is InChI=1S/C10H12FNO2/c1-2-12-9-4-3-7(5-8(9)11)6-10(13)14/h3-5,12H,2,6H2,1H3,(H,13,14). The Morgan fingerprint density at radius 2 is 2.29 bits per heavy atom. The van der Waals surface area contributed by atoms with Gasteiger partial charge in [-0.1, -0.05) is 6.07 Å². The fourth-order valence-corrected chi connectivity index (χ4v) is 1.18. The first-order valence-electron chi connectivity index (χ1n) is 4.37. The molecule has 0 spiro atoms. The second kappa shape index (κ2) is 4.60. The van der Waals surface area contributed by atoms with Gasteiger partial charge in [-0.25, -0.2) is 4.39 Å². The molecular formula is C10H12FNO2. The van der Waals surface area contributed by atoms with Gasteiger partial charge in [0, 0.05) is 6.54 Å². The van der Waals surface area contributed by atoms with Gasteiger partial charge in [-0.15, -0.1) is 0 Å². The second-order valence-corrected chi connectivity index (χ2v) is 2.92. The maximum Gasteiger partial charge on any atom is 0.307 e. The van der Waals surface area contributed by atoms with E-state index in [0.717, 1.165) is 0 Å². The van der Waals surface area contributed by atoms with Crippen LogP contribution in [0.2, 0.25) is 0 Å². The summed E-state index contributed by atoms with van der Waals surface area (Å²) >= 11 is 0. The van der Waals surface area contributed by atoms with E-state index in [0.29, 0.717) is 17.8 Å². The van der Waals surface area contributed by atoms with E-state index >= 15 is 0 Å². The third-order valence-electron chi connectivity index (χ3n) is 1.76. The predicted molar refractivity (Wildman–Crippen MR) is 51.9 cm³/mol. The lowest BCUT2D eigenvalue weighted by Crippen LogP contribution is -2.03. The van der Waals surface area contributed by atoms with Gasteiger partial charge in [0.05, 0.1) is 12.1 Å². The van der Waals surface area contributed by atoms with Crippen molar-refractivity contribution in [2.75, 3.05) is 11.9 Å². The number of benzene rings is 1. The third-order valence-corrected chi connectivity index (χ3v) is 1.76. The van der Waals surface area contributed by atoms with Crippen molar-refractivity contribution in [3.8, 4) is 0 Å². The highest BCUT2D eigenvalue weighted by Gasteiger charge is 2.05. The lowest BCUT2D eigenvalue weighted by molar-refractivity contribution is -0.136. The summed E-state index contributed by atoms with van der Waals surface area (Å²) in [4.78, 5) is 10.4. The Balaban J connectivity index is 2.83. The van der Waals surface area contributed by atoms with Crippen LogP contribution in [0.3, 0.4) is 0 Å². The molecule has 1 rings (SSSR count). The second-order valence-electron chi connectivity index (χ2n) is 2.92. The highest BCUT2D eigenvalue weighted by atomic mass is 19.1. The lowest BCUT2D eigenvalue weighted by Gasteiger charge is -2.05. The van der Waals surface area contributed by atoms with Crippen LogP contribution in [0.4, 0.5) is 10.1 Å². The van der Waals surface area contributed by atoms with Gasteiger partial charge in [-0.05, 0) is 24.6 Å². The number of hydrogen-bond donors (Lipinski definition) is 2. The summed E-state index contributed by atoms with van der Waals surface area (Å²) < 4.78 is 13.2. The quantitative estimate of drug-likeness (QED) is 0.774. The van der Waals surface area contributed by atoms with Crippen LogP contribution in [0.25, 0.3) is 0 Å². The molecule has 0 radical (unpaired) electrons. The van der Waals surface area contributed by atoms with Gasteiger partial charge in [0.1, 0.15) is 5.82 Å². The lowest BCUT2D eigenvalue weighted by atomic mass is 10.1. The Bertz CT molecular complexity index is 339. The normalized spacial score (nSPS) is 9.86. The minimum atomic E-state index is -0.958. The Morgan fingerprint density at radius 3 is 2.79 bits per heavy atom. The fraction of sp³-hybridized carbons (Fsp3) is 0.300. The van der Waals surface area contributed by atoms with E-state index in [1.165, 1.54) is 6.07 Å². The molecule has 76 valence electrons. The van der Waals surface area contributed by atoms with Gasteiger partial charge < -0.3 is 10.4 Å². The Hall–Kier alpha value is -1.58. The molecule has 0 heterocycles. The van der Waals surface area contributed by atoms with Crippen LogP contribution in [0.1, 0.15) is 12.5 Å². The number of aliphatic carboxylic acids is 1. The number of carbonyl (C=O) groups is 1. The molecule has 14 heavy (non-hydrogen) atoms. The van der Waals surface area contributed by atoms with Crippen molar-refractivity contribution in [1.82, 2.24) is 0 Å². The molecule has 0 aromatic heterocycles. The van der Waals surface area contributed by atoms with Crippen molar-refractivity contribution in [1.29, 1.82) is 0 Å². The number of carboxylic acids is 1. The summed E-state index contributed by atoms with van der Waals surface area (Å²) in [7, 11) is 0. The van der Waals surface area contributed by atoms with Gasteiger partial charge in [0.2, 0.25) is 0 Å². The van der Waals surface area contributed by atoms with E-state index in [4.69, 9.17) is 5.11 Å². The minimum absolute atomic E-state index is 0.149. The maximum absolute atomic E-state index is 13.2.